The van der Waals surface area contributed by atoms with Crippen molar-refractivity contribution in [1.82, 2.24) is 24.7 Å². The number of alkyl halides is 1. The highest BCUT2D eigenvalue weighted by Gasteiger charge is 2.17. The van der Waals surface area contributed by atoms with Crippen LogP contribution >= 0.6 is 11.6 Å². The van der Waals surface area contributed by atoms with Crippen LogP contribution in [-0.2, 0) is 0 Å². The molecule has 1 atom stereocenters. The first kappa shape index (κ1) is 11.2. The zero-order valence-electron chi connectivity index (χ0n) is 9.62. The molecule has 0 saturated heterocycles. The topological polar surface area (TPSA) is 69.1 Å². The molecule has 3 aromatic rings. The summed E-state index contributed by atoms with van der Waals surface area (Å²) >= 11 is 6.07. The van der Waals surface area contributed by atoms with Crippen molar-refractivity contribution < 1.29 is 4.52 Å². The lowest BCUT2D eigenvalue weighted by molar-refractivity contribution is 0.421. The molecule has 92 valence electrons. The molecule has 7 heteroatoms. The standard InChI is InChI=1S/C11H10ClN5O/c1-2-8(12)10-15-11(18-16-10)7-5-14-17-4-3-13-6-9(7)17/h3-6,8H,2H2,1H3. The van der Waals surface area contributed by atoms with Crippen molar-refractivity contribution in [2.24, 2.45) is 0 Å². The van der Waals surface area contributed by atoms with E-state index in [1.54, 1.807) is 29.3 Å². The second-order valence-electron chi connectivity index (χ2n) is 3.80. The summed E-state index contributed by atoms with van der Waals surface area (Å²) in [6.45, 7) is 1.97. The van der Waals surface area contributed by atoms with Gasteiger partial charge in [-0.1, -0.05) is 12.1 Å². The van der Waals surface area contributed by atoms with E-state index in [-0.39, 0.29) is 5.38 Å². The van der Waals surface area contributed by atoms with Crippen LogP contribution in [0.25, 0.3) is 17.0 Å². The lowest BCUT2D eigenvalue weighted by Crippen LogP contribution is -1.90. The molecule has 0 radical (unpaired) electrons. The van der Waals surface area contributed by atoms with Crippen molar-refractivity contribution in [2.45, 2.75) is 18.7 Å². The van der Waals surface area contributed by atoms with Crippen LogP contribution in [0.1, 0.15) is 24.5 Å². The number of halogens is 1. The van der Waals surface area contributed by atoms with E-state index in [0.717, 1.165) is 17.5 Å². The molecule has 0 N–H and O–H groups in total. The van der Waals surface area contributed by atoms with Gasteiger partial charge in [-0.25, -0.2) is 4.52 Å². The maximum atomic E-state index is 6.07. The van der Waals surface area contributed by atoms with E-state index in [1.807, 2.05) is 6.92 Å². The van der Waals surface area contributed by atoms with E-state index in [9.17, 15) is 0 Å². The normalized spacial score (nSPS) is 13.0. The molecule has 3 aromatic heterocycles. The average Bonchev–Trinajstić information content (AvgIpc) is 3.03. The van der Waals surface area contributed by atoms with Crippen molar-refractivity contribution in [3.05, 3.63) is 30.6 Å². The Kier molecular flexibility index (Phi) is 2.71. The summed E-state index contributed by atoms with van der Waals surface area (Å²) in [5.74, 6) is 0.907. The average molecular weight is 264 g/mol. The Labute approximate surface area is 108 Å². The predicted octanol–water partition coefficient (Wildman–Crippen LogP) is 2.47. The van der Waals surface area contributed by atoms with Crippen LogP contribution in [0.3, 0.4) is 0 Å². The van der Waals surface area contributed by atoms with Gasteiger partial charge in [-0.2, -0.15) is 10.1 Å². The molecule has 1 unspecified atom stereocenters. The van der Waals surface area contributed by atoms with Gasteiger partial charge in [0.15, 0.2) is 5.82 Å². The Hall–Kier alpha value is -1.95. The SMILES string of the molecule is CCC(Cl)c1noc(-c2cnn3ccncc23)n1. The summed E-state index contributed by atoms with van der Waals surface area (Å²) in [5.41, 5.74) is 1.57. The van der Waals surface area contributed by atoms with Crippen LogP contribution in [0.15, 0.2) is 29.3 Å². The minimum Gasteiger partial charge on any atom is -0.334 e. The first-order valence-corrected chi connectivity index (χ1v) is 5.98. The highest BCUT2D eigenvalue weighted by atomic mass is 35.5. The highest BCUT2D eigenvalue weighted by Crippen LogP contribution is 2.26. The minimum atomic E-state index is -0.234. The number of fused-ring (bicyclic) bond motifs is 1. The molecular formula is C11H10ClN5O. The van der Waals surface area contributed by atoms with E-state index in [1.165, 1.54) is 0 Å². The fourth-order valence-electron chi connectivity index (χ4n) is 1.65. The molecule has 0 fully saturated rings. The van der Waals surface area contributed by atoms with E-state index in [0.29, 0.717) is 11.7 Å². The van der Waals surface area contributed by atoms with Crippen LogP contribution < -0.4 is 0 Å². The Balaban J connectivity index is 2.07. The molecule has 0 aliphatic carbocycles. The van der Waals surface area contributed by atoms with Crippen LogP contribution in [0.4, 0.5) is 0 Å². The van der Waals surface area contributed by atoms with Gasteiger partial charge in [0.2, 0.25) is 0 Å². The van der Waals surface area contributed by atoms with E-state index >= 15 is 0 Å². The fraction of sp³-hybridized carbons (Fsp3) is 0.273. The molecular weight excluding hydrogens is 254 g/mol. The molecule has 3 rings (SSSR count). The molecule has 3 heterocycles. The Morgan fingerprint density at radius 2 is 2.33 bits per heavy atom. The van der Waals surface area contributed by atoms with Gasteiger partial charge < -0.3 is 4.52 Å². The van der Waals surface area contributed by atoms with E-state index < -0.39 is 0 Å². The minimum absolute atomic E-state index is 0.234. The maximum Gasteiger partial charge on any atom is 0.261 e. The van der Waals surface area contributed by atoms with Gasteiger partial charge in [0.05, 0.1) is 28.9 Å². The maximum absolute atomic E-state index is 6.07. The Morgan fingerprint density at radius 3 is 3.17 bits per heavy atom. The van der Waals surface area contributed by atoms with Gasteiger partial charge in [-0.15, -0.1) is 11.6 Å². The van der Waals surface area contributed by atoms with Crippen molar-refractivity contribution in [2.75, 3.05) is 0 Å². The Morgan fingerprint density at radius 1 is 1.44 bits per heavy atom. The summed E-state index contributed by atoms with van der Waals surface area (Å²) in [6, 6.07) is 0. The van der Waals surface area contributed by atoms with Gasteiger partial charge >= 0.3 is 0 Å². The van der Waals surface area contributed by atoms with Gasteiger partial charge in [-0.05, 0) is 6.42 Å². The summed E-state index contributed by atoms with van der Waals surface area (Å²) in [7, 11) is 0. The summed E-state index contributed by atoms with van der Waals surface area (Å²) in [4.78, 5) is 8.34. The van der Waals surface area contributed by atoms with Crippen LogP contribution in [-0.4, -0.2) is 24.7 Å². The highest BCUT2D eigenvalue weighted by molar-refractivity contribution is 6.20. The number of hydrogen-bond donors (Lipinski definition) is 0. The molecule has 0 spiro atoms. The van der Waals surface area contributed by atoms with Crippen molar-refractivity contribution in [3.63, 3.8) is 0 Å². The summed E-state index contributed by atoms with van der Waals surface area (Å²) in [6.07, 6.45) is 7.53. The lowest BCUT2D eigenvalue weighted by atomic mass is 10.3. The molecule has 0 aliphatic heterocycles. The van der Waals surface area contributed by atoms with Gasteiger partial charge in [-0.3, -0.25) is 4.98 Å². The van der Waals surface area contributed by atoms with Crippen molar-refractivity contribution >= 4 is 17.1 Å². The number of aromatic nitrogens is 5. The largest absolute Gasteiger partial charge is 0.334 e. The van der Waals surface area contributed by atoms with E-state index in [4.69, 9.17) is 16.1 Å². The molecule has 18 heavy (non-hydrogen) atoms. The smallest absolute Gasteiger partial charge is 0.261 e. The first-order valence-electron chi connectivity index (χ1n) is 5.55. The van der Waals surface area contributed by atoms with Crippen LogP contribution in [0.5, 0.6) is 0 Å². The van der Waals surface area contributed by atoms with Gasteiger partial charge in [0.25, 0.3) is 5.89 Å². The van der Waals surface area contributed by atoms with Crippen LogP contribution in [0.2, 0.25) is 0 Å². The van der Waals surface area contributed by atoms with Crippen molar-refractivity contribution in [3.8, 4) is 11.5 Å². The quantitative estimate of drug-likeness (QED) is 0.679. The molecule has 0 saturated carbocycles. The van der Waals surface area contributed by atoms with Crippen molar-refractivity contribution in [1.29, 1.82) is 0 Å². The number of rotatable bonds is 3. The predicted molar refractivity (Wildman–Crippen MR) is 65.2 cm³/mol. The molecule has 6 nitrogen and oxygen atoms in total. The fourth-order valence-corrected chi connectivity index (χ4v) is 1.74. The third-order valence-corrected chi connectivity index (χ3v) is 3.14. The molecule has 0 amide bonds. The first-order chi connectivity index (χ1) is 8.79. The summed E-state index contributed by atoms with van der Waals surface area (Å²) in [5, 5.41) is 7.83. The third-order valence-electron chi connectivity index (χ3n) is 2.64. The monoisotopic (exact) mass is 263 g/mol. The van der Waals surface area contributed by atoms with Gasteiger partial charge in [0.1, 0.15) is 0 Å². The lowest BCUT2D eigenvalue weighted by Gasteiger charge is -1.96. The van der Waals surface area contributed by atoms with Gasteiger partial charge in [0, 0.05) is 12.4 Å². The zero-order chi connectivity index (χ0) is 12.5. The second kappa shape index (κ2) is 4.38. The molecule has 0 aromatic carbocycles. The molecule has 0 bridgehead atoms. The second-order valence-corrected chi connectivity index (χ2v) is 4.32. The Bertz CT molecular complexity index is 677. The third kappa shape index (κ3) is 1.74. The molecule has 0 aliphatic rings. The summed E-state index contributed by atoms with van der Waals surface area (Å²) < 4.78 is 6.91. The zero-order valence-corrected chi connectivity index (χ0v) is 10.4. The number of hydrogen-bond acceptors (Lipinski definition) is 5. The van der Waals surface area contributed by atoms with E-state index in [2.05, 4.69) is 20.2 Å². The number of nitrogens with zero attached hydrogens (tertiary/aromatic N) is 5. The van der Waals surface area contributed by atoms with Crippen LogP contribution in [0, 0.1) is 0 Å².